The van der Waals surface area contributed by atoms with Crippen LogP contribution in [0.25, 0.3) is 0 Å². The highest BCUT2D eigenvalue weighted by molar-refractivity contribution is 6.48. The molecule has 3 saturated carbocycles. The maximum absolute atomic E-state index is 14.1. The fraction of sp³-hybridized carbons (Fsp3) is 0.600. The van der Waals surface area contributed by atoms with Gasteiger partial charge in [0.15, 0.2) is 0 Å². The zero-order valence-electron chi connectivity index (χ0n) is 25.9. The van der Waals surface area contributed by atoms with Crippen LogP contribution in [-0.2, 0) is 31.7 Å². The van der Waals surface area contributed by atoms with Crippen LogP contribution in [0.4, 0.5) is 0 Å². The van der Waals surface area contributed by atoms with E-state index in [1.165, 1.54) is 12.0 Å². The van der Waals surface area contributed by atoms with Gasteiger partial charge in [-0.3, -0.25) is 9.59 Å². The monoisotopic (exact) mass is 570 g/mol. The topological polar surface area (TPSA) is 76.7 Å². The predicted molar refractivity (Wildman–Crippen MR) is 166 cm³/mol. The zero-order chi connectivity index (χ0) is 29.6. The molecule has 42 heavy (non-hydrogen) atoms. The van der Waals surface area contributed by atoms with Gasteiger partial charge in [-0.05, 0) is 85.3 Å². The number of hydrogen-bond donors (Lipinski definition) is 2. The molecule has 1 saturated heterocycles. The summed E-state index contributed by atoms with van der Waals surface area (Å²) < 4.78 is 13.4. The van der Waals surface area contributed by atoms with Gasteiger partial charge in [0.1, 0.15) is 6.04 Å². The van der Waals surface area contributed by atoms with E-state index in [9.17, 15) is 9.59 Å². The van der Waals surface area contributed by atoms with Crippen molar-refractivity contribution in [1.29, 1.82) is 0 Å². The molecule has 5 aliphatic rings. The van der Waals surface area contributed by atoms with Crippen molar-refractivity contribution in [3.63, 3.8) is 0 Å². The third-order valence-electron chi connectivity index (χ3n) is 11.0. The molecule has 7 atom stereocenters. The number of nitrogens with one attached hydrogen (secondary N) is 2. The summed E-state index contributed by atoms with van der Waals surface area (Å²) in [5.41, 5.74) is 3.24. The SMILES string of the molecule is CC(C)C[C@H](NC(=O)[C@H](Cc1ccccc1)NC(=O)C1CCCc2ccccc21)B1OC2C[C@@H]3C[C@@H](C3(C)C)[C@]2(C)O1. The van der Waals surface area contributed by atoms with E-state index < -0.39 is 13.2 Å². The van der Waals surface area contributed by atoms with Gasteiger partial charge in [-0.15, -0.1) is 0 Å². The molecule has 0 aromatic heterocycles. The van der Waals surface area contributed by atoms with Gasteiger partial charge in [-0.2, -0.15) is 0 Å². The summed E-state index contributed by atoms with van der Waals surface area (Å²) >= 11 is 0. The van der Waals surface area contributed by atoms with Gasteiger partial charge in [0, 0.05) is 6.42 Å². The summed E-state index contributed by atoms with van der Waals surface area (Å²) in [6.45, 7) is 11.3. The first kappa shape index (κ1) is 29.4. The van der Waals surface area contributed by atoms with Gasteiger partial charge in [0.05, 0.1) is 23.6 Å². The summed E-state index contributed by atoms with van der Waals surface area (Å²) in [4.78, 5) is 27.9. The molecular formula is C35H47BN2O4. The third-order valence-corrected chi connectivity index (χ3v) is 11.0. The van der Waals surface area contributed by atoms with E-state index in [0.717, 1.165) is 43.2 Å². The standard InChI is InChI=1S/C35H47BN2O4/c1-22(2)18-31(36-41-30-21-25-20-29(34(25,3)4)35(30,5)42-36)38-33(40)28(19-23-12-7-6-8-13-23)37-32(39)27-17-11-15-24-14-9-10-16-26(24)27/h6-10,12-14,16,22,25,27-31H,11,15,17-21H2,1-5H3,(H,37,39)(H,38,40)/t25-,27?,28-,29-,30?,31-,35-/m0/s1. The number of carbonyl (C=O) groups excluding carboxylic acids is 2. The van der Waals surface area contributed by atoms with Crippen LogP contribution in [0.3, 0.4) is 0 Å². The summed E-state index contributed by atoms with van der Waals surface area (Å²) in [5.74, 6) is 0.655. The highest BCUT2D eigenvalue weighted by Crippen LogP contribution is 2.65. The second-order valence-electron chi connectivity index (χ2n) is 14.5. The summed E-state index contributed by atoms with van der Waals surface area (Å²) in [6.07, 6.45) is 6.16. The zero-order valence-corrected chi connectivity index (χ0v) is 25.9. The van der Waals surface area contributed by atoms with Crippen molar-refractivity contribution in [2.45, 2.75) is 109 Å². The maximum Gasteiger partial charge on any atom is 0.481 e. The fourth-order valence-electron chi connectivity index (χ4n) is 8.46. The van der Waals surface area contributed by atoms with E-state index in [4.69, 9.17) is 9.31 Å². The Bertz CT molecular complexity index is 1300. The molecule has 2 N–H and O–H groups in total. The van der Waals surface area contributed by atoms with Crippen molar-refractivity contribution in [3.8, 4) is 0 Å². The molecular weight excluding hydrogens is 523 g/mol. The molecule has 6 nitrogen and oxygen atoms in total. The third kappa shape index (κ3) is 5.43. The molecule has 0 spiro atoms. The highest BCUT2D eigenvalue weighted by Gasteiger charge is 2.68. The number of aryl methyl sites for hydroxylation is 1. The molecule has 1 aliphatic heterocycles. The molecule has 7 heteroatoms. The van der Waals surface area contributed by atoms with Crippen LogP contribution in [0.5, 0.6) is 0 Å². The number of rotatable bonds is 9. The van der Waals surface area contributed by atoms with Gasteiger partial charge >= 0.3 is 7.12 Å². The molecule has 0 radical (unpaired) electrons. The van der Waals surface area contributed by atoms with Crippen molar-refractivity contribution in [2.75, 3.05) is 0 Å². The molecule has 224 valence electrons. The second-order valence-corrected chi connectivity index (χ2v) is 14.5. The van der Waals surface area contributed by atoms with E-state index >= 15 is 0 Å². The lowest BCUT2D eigenvalue weighted by molar-refractivity contribution is -0.199. The first-order valence-corrected chi connectivity index (χ1v) is 16.1. The van der Waals surface area contributed by atoms with Gasteiger partial charge in [0.2, 0.25) is 11.8 Å². The first-order valence-electron chi connectivity index (χ1n) is 16.1. The minimum absolute atomic E-state index is 0.0528. The Morgan fingerprint density at radius 1 is 1.00 bits per heavy atom. The quantitative estimate of drug-likeness (QED) is 0.383. The van der Waals surface area contributed by atoms with Crippen molar-refractivity contribution in [1.82, 2.24) is 10.6 Å². The Kier molecular flexibility index (Phi) is 8.03. The molecule has 2 aromatic carbocycles. The minimum atomic E-state index is -0.699. The van der Waals surface area contributed by atoms with E-state index in [-0.39, 0.29) is 40.8 Å². The van der Waals surface area contributed by atoms with Crippen molar-refractivity contribution < 1.29 is 18.9 Å². The molecule has 2 unspecified atom stereocenters. The Labute approximate surface area is 251 Å². The molecule has 2 aromatic rings. The lowest BCUT2D eigenvalue weighted by atomic mass is 9.43. The average molecular weight is 571 g/mol. The maximum atomic E-state index is 14.1. The van der Waals surface area contributed by atoms with Crippen LogP contribution in [0.1, 0.15) is 89.3 Å². The van der Waals surface area contributed by atoms with Crippen molar-refractivity contribution in [3.05, 3.63) is 71.3 Å². The normalized spacial score (nSPS) is 30.5. The van der Waals surface area contributed by atoms with Crippen LogP contribution >= 0.6 is 0 Å². The van der Waals surface area contributed by atoms with E-state index in [0.29, 0.717) is 24.2 Å². The summed E-state index contributed by atoms with van der Waals surface area (Å²) in [7, 11) is -0.500. The molecule has 4 fully saturated rings. The number of benzene rings is 2. The van der Waals surface area contributed by atoms with Crippen LogP contribution in [0.2, 0.25) is 0 Å². The highest BCUT2D eigenvalue weighted by atomic mass is 16.7. The first-order chi connectivity index (χ1) is 20.1. The van der Waals surface area contributed by atoms with E-state index in [1.54, 1.807) is 0 Å². The number of hydrogen-bond acceptors (Lipinski definition) is 4. The minimum Gasteiger partial charge on any atom is -0.404 e. The van der Waals surface area contributed by atoms with Crippen LogP contribution < -0.4 is 10.6 Å². The summed E-state index contributed by atoms with van der Waals surface area (Å²) in [5, 5.41) is 6.48. The average Bonchev–Trinajstić information content (AvgIpc) is 3.33. The smallest absolute Gasteiger partial charge is 0.404 e. The van der Waals surface area contributed by atoms with Gasteiger partial charge < -0.3 is 19.9 Å². The van der Waals surface area contributed by atoms with Crippen molar-refractivity contribution in [2.24, 2.45) is 23.2 Å². The molecule has 1 heterocycles. The molecule has 2 amide bonds. The van der Waals surface area contributed by atoms with Crippen LogP contribution in [0.15, 0.2) is 54.6 Å². The Hall–Kier alpha value is -2.64. The molecule has 2 bridgehead atoms. The summed E-state index contributed by atoms with van der Waals surface area (Å²) in [6, 6.07) is 17.4. The van der Waals surface area contributed by atoms with Gasteiger partial charge in [-0.25, -0.2) is 0 Å². The predicted octanol–water partition coefficient (Wildman–Crippen LogP) is 5.63. The molecule has 7 rings (SSSR count). The van der Waals surface area contributed by atoms with Gasteiger partial charge in [0.25, 0.3) is 0 Å². The number of amides is 2. The second kappa shape index (κ2) is 11.5. The Balaban J connectivity index is 1.21. The largest absolute Gasteiger partial charge is 0.481 e. The van der Waals surface area contributed by atoms with Crippen LogP contribution in [-0.4, -0.2) is 42.6 Å². The molecule has 4 aliphatic carbocycles. The Morgan fingerprint density at radius 3 is 2.48 bits per heavy atom. The van der Waals surface area contributed by atoms with Gasteiger partial charge in [-0.1, -0.05) is 82.3 Å². The number of carbonyl (C=O) groups is 2. The number of fused-ring (bicyclic) bond motifs is 1. The Morgan fingerprint density at radius 2 is 1.74 bits per heavy atom. The van der Waals surface area contributed by atoms with Crippen molar-refractivity contribution >= 4 is 18.9 Å². The lowest BCUT2D eigenvalue weighted by Crippen LogP contribution is -2.65. The lowest BCUT2D eigenvalue weighted by Gasteiger charge is -2.64. The van der Waals surface area contributed by atoms with E-state index in [2.05, 4.69) is 57.4 Å². The van der Waals surface area contributed by atoms with Crippen LogP contribution in [0, 0.1) is 23.2 Å². The van der Waals surface area contributed by atoms with E-state index in [1.807, 2.05) is 42.5 Å². The fourth-order valence-corrected chi connectivity index (χ4v) is 8.46.